The van der Waals surface area contributed by atoms with Crippen molar-refractivity contribution in [3.63, 3.8) is 0 Å². The summed E-state index contributed by atoms with van der Waals surface area (Å²) in [6.45, 7) is 3.63. The number of nitrogens with zero attached hydrogens (tertiary/aromatic N) is 2. The normalized spacial score (nSPS) is 18.1. The third kappa shape index (κ3) is 2.94. The van der Waals surface area contributed by atoms with Crippen LogP contribution in [0.1, 0.15) is 23.5 Å². The molecule has 1 aromatic heterocycles. The first kappa shape index (κ1) is 13.8. The molecule has 1 atom stereocenters. The van der Waals surface area contributed by atoms with Crippen molar-refractivity contribution in [1.82, 2.24) is 14.9 Å². The lowest BCUT2D eigenvalue weighted by Gasteiger charge is -2.25. The number of nitrogens with one attached hydrogen (secondary N) is 1. The van der Waals surface area contributed by atoms with Gasteiger partial charge in [-0.1, -0.05) is 15.9 Å². The van der Waals surface area contributed by atoms with Gasteiger partial charge in [-0.3, -0.25) is 0 Å². The van der Waals surface area contributed by atoms with Crippen molar-refractivity contribution in [3.8, 4) is 0 Å². The van der Waals surface area contributed by atoms with E-state index >= 15 is 0 Å². The Hall–Kier alpha value is -1.20. The van der Waals surface area contributed by atoms with Crippen LogP contribution in [0.2, 0.25) is 0 Å². The second kappa shape index (κ2) is 5.66. The van der Waals surface area contributed by atoms with Crippen molar-refractivity contribution in [2.24, 2.45) is 0 Å². The van der Waals surface area contributed by atoms with Crippen LogP contribution in [0.25, 0.3) is 0 Å². The standard InChI is InChI=1S/C15H17BrFN3/c1-10-8-20-9-13(3-5-15(20)19-10)18-7-11-6-12(17)2-4-14(11)16/h2,4,6,8,13,18H,3,5,7,9H2,1H3/t13-/m1/s1. The number of aryl methyl sites for hydroxylation is 2. The molecule has 106 valence electrons. The van der Waals surface area contributed by atoms with E-state index in [-0.39, 0.29) is 5.82 Å². The Kier molecular flexibility index (Phi) is 3.89. The first-order valence-corrected chi connectivity index (χ1v) is 7.61. The molecule has 0 amide bonds. The maximum Gasteiger partial charge on any atom is 0.123 e. The van der Waals surface area contributed by atoms with Gasteiger partial charge in [0, 0.05) is 36.2 Å². The summed E-state index contributed by atoms with van der Waals surface area (Å²) in [5, 5.41) is 3.51. The van der Waals surface area contributed by atoms with E-state index in [2.05, 4.69) is 37.0 Å². The van der Waals surface area contributed by atoms with Gasteiger partial charge in [0.1, 0.15) is 11.6 Å². The van der Waals surface area contributed by atoms with Crippen molar-refractivity contribution in [2.45, 2.75) is 38.9 Å². The number of benzene rings is 1. The van der Waals surface area contributed by atoms with Crippen LogP contribution in [0.5, 0.6) is 0 Å². The van der Waals surface area contributed by atoms with Gasteiger partial charge < -0.3 is 9.88 Å². The smallest absolute Gasteiger partial charge is 0.123 e. The van der Waals surface area contributed by atoms with Crippen molar-refractivity contribution in [3.05, 3.63) is 51.8 Å². The molecule has 0 aliphatic carbocycles. The molecule has 0 saturated heterocycles. The first-order chi connectivity index (χ1) is 9.61. The minimum Gasteiger partial charge on any atom is -0.333 e. The van der Waals surface area contributed by atoms with Crippen LogP contribution in [-0.2, 0) is 19.5 Å². The fourth-order valence-electron chi connectivity index (χ4n) is 2.69. The van der Waals surface area contributed by atoms with Gasteiger partial charge in [-0.2, -0.15) is 0 Å². The molecule has 0 fully saturated rings. The zero-order valence-corrected chi connectivity index (χ0v) is 13.0. The van der Waals surface area contributed by atoms with Gasteiger partial charge in [0.05, 0.1) is 5.69 Å². The van der Waals surface area contributed by atoms with Gasteiger partial charge in [-0.05, 0) is 37.1 Å². The monoisotopic (exact) mass is 337 g/mol. The Labute approximate surface area is 126 Å². The van der Waals surface area contributed by atoms with Crippen molar-refractivity contribution < 1.29 is 4.39 Å². The van der Waals surface area contributed by atoms with E-state index in [4.69, 9.17) is 0 Å². The van der Waals surface area contributed by atoms with Crippen LogP contribution < -0.4 is 5.32 Å². The summed E-state index contributed by atoms with van der Waals surface area (Å²) in [6, 6.07) is 5.21. The molecular weight excluding hydrogens is 321 g/mol. The van der Waals surface area contributed by atoms with Gasteiger partial charge in [0.2, 0.25) is 0 Å². The average molecular weight is 338 g/mol. The summed E-state index contributed by atoms with van der Waals surface area (Å²) < 4.78 is 16.4. The molecule has 5 heteroatoms. The molecule has 0 unspecified atom stereocenters. The van der Waals surface area contributed by atoms with E-state index in [0.29, 0.717) is 12.6 Å². The van der Waals surface area contributed by atoms with Gasteiger partial charge in [0.15, 0.2) is 0 Å². The van der Waals surface area contributed by atoms with E-state index in [1.54, 1.807) is 12.1 Å². The lowest BCUT2D eigenvalue weighted by molar-refractivity contribution is 0.378. The molecule has 3 rings (SSSR count). The summed E-state index contributed by atoms with van der Waals surface area (Å²) in [7, 11) is 0. The molecule has 0 spiro atoms. The predicted octanol–water partition coefficient (Wildman–Crippen LogP) is 3.20. The highest BCUT2D eigenvalue weighted by atomic mass is 79.9. The minimum atomic E-state index is -0.193. The number of hydrogen-bond acceptors (Lipinski definition) is 2. The third-order valence-corrected chi connectivity index (χ3v) is 4.48. The molecule has 0 bridgehead atoms. The average Bonchev–Trinajstić information content (AvgIpc) is 2.79. The van der Waals surface area contributed by atoms with E-state index < -0.39 is 0 Å². The number of imidazole rings is 1. The quantitative estimate of drug-likeness (QED) is 0.932. The van der Waals surface area contributed by atoms with Gasteiger partial charge >= 0.3 is 0 Å². The van der Waals surface area contributed by atoms with Crippen LogP contribution in [0.15, 0.2) is 28.9 Å². The topological polar surface area (TPSA) is 29.9 Å². The highest BCUT2D eigenvalue weighted by molar-refractivity contribution is 9.10. The van der Waals surface area contributed by atoms with Crippen molar-refractivity contribution in [2.75, 3.05) is 0 Å². The molecular formula is C15H17BrFN3. The Morgan fingerprint density at radius 2 is 2.35 bits per heavy atom. The molecule has 0 saturated carbocycles. The molecule has 2 aromatic rings. The van der Waals surface area contributed by atoms with E-state index in [0.717, 1.165) is 35.1 Å². The number of fused-ring (bicyclic) bond motifs is 1. The van der Waals surface area contributed by atoms with E-state index in [1.807, 2.05) is 6.92 Å². The van der Waals surface area contributed by atoms with E-state index in [1.165, 1.54) is 11.9 Å². The second-order valence-corrected chi connectivity index (χ2v) is 6.16. The number of rotatable bonds is 3. The summed E-state index contributed by atoms with van der Waals surface area (Å²) in [4.78, 5) is 4.51. The first-order valence-electron chi connectivity index (χ1n) is 6.82. The summed E-state index contributed by atoms with van der Waals surface area (Å²) >= 11 is 3.46. The molecule has 1 N–H and O–H groups in total. The van der Waals surface area contributed by atoms with E-state index in [9.17, 15) is 4.39 Å². The van der Waals surface area contributed by atoms with Gasteiger partial charge in [-0.15, -0.1) is 0 Å². The predicted molar refractivity (Wildman–Crippen MR) is 80.0 cm³/mol. The van der Waals surface area contributed by atoms with Crippen molar-refractivity contribution in [1.29, 1.82) is 0 Å². The van der Waals surface area contributed by atoms with Crippen LogP contribution in [0, 0.1) is 12.7 Å². The fraction of sp³-hybridized carbons (Fsp3) is 0.400. The van der Waals surface area contributed by atoms with Crippen LogP contribution >= 0.6 is 15.9 Å². The number of hydrogen-bond donors (Lipinski definition) is 1. The van der Waals surface area contributed by atoms with Crippen LogP contribution in [0.3, 0.4) is 0 Å². The molecule has 3 nitrogen and oxygen atoms in total. The number of halogens is 2. The summed E-state index contributed by atoms with van der Waals surface area (Å²) in [5.74, 6) is 0.980. The highest BCUT2D eigenvalue weighted by Crippen LogP contribution is 2.19. The molecule has 1 aromatic carbocycles. The van der Waals surface area contributed by atoms with Gasteiger partial charge in [-0.25, -0.2) is 9.37 Å². The van der Waals surface area contributed by atoms with Crippen LogP contribution in [0.4, 0.5) is 4.39 Å². The Balaban J connectivity index is 1.64. The third-order valence-electron chi connectivity index (χ3n) is 3.70. The summed E-state index contributed by atoms with van der Waals surface area (Å²) in [5.41, 5.74) is 2.03. The van der Waals surface area contributed by atoms with Gasteiger partial charge in [0.25, 0.3) is 0 Å². The van der Waals surface area contributed by atoms with Crippen molar-refractivity contribution >= 4 is 15.9 Å². The summed E-state index contributed by atoms with van der Waals surface area (Å²) in [6.07, 6.45) is 4.17. The Bertz CT molecular complexity index is 624. The molecule has 20 heavy (non-hydrogen) atoms. The maximum atomic E-state index is 13.3. The molecule has 0 radical (unpaired) electrons. The lowest BCUT2D eigenvalue weighted by Crippen LogP contribution is -2.36. The minimum absolute atomic E-state index is 0.193. The fourth-order valence-corrected chi connectivity index (χ4v) is 3.07. The molecule has 2 heterocycles. The van der Waals surface area contributed by atoms with Crippen LogP contribution in [-0.4, -0.2) is 15.6 Å². The SMILES string of the molecule is Cc1cn2c(n1)CC[C@@H](NCc1cc(F)ccc1Br)C2. The Morgan fingerprint density at radius 3 is 3.20 bits per heavy atom. The highest BCUT2D eigenvalue weighted by Gasteiger charge is 2.19. The molecule has 1 aliphatic rings. The molecule has 1 aliphatic heterocycles. The lowest BCUT2D eigenvalue weighted by atomic mass is 10.1. The second-order valence-electron chi connectivity index (χ2n) is 5.30. The number of aromatic nitrogens is 2. The Morgan fingerprint density at radius 1 is 1.50 bits per heavy atom. The largest absolute Gasteiger partial charge is 0.333 e. The zero-order chi connectivity index (χ0) is 14.1. The maximum absolute atomic E-state index is 13.3. The zero-order valence-electron chi connectivity index (χ0n) is 11.4.